The fourth-order valence-corrected chi connectivity index (χ4v) is 0.772. The fourth-order valence-electron chi connectivity index (χ4n) is 0.772. The maximum absolute atomic E-state index is 11.4. The number of carbonyl (C=O) groups is 1. The van der Waals surface area contributed by atoms with Gasteiger partial charge < -0.3 is 0 Å². The van der Waals surface area contributed by atoms with Crippen molar-refractivity contribution in [3.05, 3.63) is 11.1 Å². The summed E-state index contributed by atoms with van der Waals surface area (Å²) in [6, 6.07) is 0. The summed E-state index contributed by atoms with van der Waals surface area (Å²) in [5, 5.41) is 1.27. The van der Waals surface area contributed by atoms with E-state index in [-0.39, 0.29) is 5.91 Å². The van der Waals surface area contributed by atoms with Crippen LogP contribution in [-0.2, 0) is 4.79 Å². The molecule has 0 heterocycles. The number of hydrazine groups is 1. The lowest BCUT2D eigenvalue weighted by atomic mass is 10.1. The fraction of sp³-hybridized carbons (Fsp3) is 0.667. The Morgan fingerprint density at radius 1 is 1.33 bits per heavy atom. The summed E-state index contributed by atoms with van der Waals surface area (Å²) in [5.74, 6) is 5.44. The first kappa shape index (κ1) is 11.2. The minimum atomic E-state index is -0.0724. The average Bonchev–Trinajstić information content (AvgIpc) is 2.02. The van der Waals surface area contributed by atoms with E-state index in [1.807, 2.05) is 20.8 Å². The molecule has 0 bridgehead atoms. The van der Waals surface area contributed by atoms with Crippen molar-refractivity contribution in [2.75, 3.05) is 6.54 Å². The van der Waals surface area contributed by atoms with Gasteiger partial charge in [-0.15, -0.1) is 0 Å². The standard InChI is InChI=1S/C9H18N2O/c1-5-6-11(10)9(12)8(4)7(2)3/h5-6,10H2,1-4H3. The van der Waals surface area contributed by atoms with Gasteiger partial charge in [0.25, 0.3) is 5.91 Å². The Hall–Kier alpha value is -0.830. The smallest absolute Gasteiger partial charge is 0.263 e. The Bertz CT molecular complexity index is 193. The van der Waals surface area contributed by atoms with Gasteiger partial charge in [0.15, 0.2) is 0 Å². The second-order valence-corrected chi connectivity index (χ2v) is 3.12. The monoisotopic (exact) mass is 170 g/mol. The van der Waals surface area contributed by atoms with Crippen LogP contribution in [0.1, 0.15) is 34.1 Å². The molecular weight excluding hydrogens is 152 g/mol. The van der Waals surface area contributed by atoms with Crippen molar-refractivity contribution in [2.45, 2.75) is 34.1 Å². The molecule has 0 aromatic rings. The molecular formula is C9H18N2O. The van der Waals surface area contributed by atoms with Crippen molar-refractivity contribution >= 4 is 5.91 Å². The molecule has 0 unspecified atom stereocenters. The highest BCUT2D eigenvalue weighted by molar-refractivity contribution is 5.93. The lowest BCUT2D eigenvalue weighted by Crippen LogP contribution is -2.38. The maximum Gasteiger partial charge on any atom is 0.263 e. The number of hydrogen-bond donors (Lipinski definition) is 1. The van der Waals surface area contributed by atoms with Gasteiger partial charge in [-0.1, -0.05) is 12.5 Å². The van der Waals surface area contributed by atoms with Crippen LogP contribution < -0.4 is 5.84 Å². The Kier molecular flexibility index (Phi) is 4.59. The van der Waals surface area contributed by atoms with Crippen LogP contribution >= 0.6 is 0 Å². The van der Waals surface area contributed by atoms with Crippen LogP contribution in [0, 0.1) is 0 Å². The lowest BCUT2D eigenvalue weighted by Gasteiger charge is -2.16. The minimum Gasteiger partial charge on any atom is -0.277 e. The highest BCUT2D eigenvalue weighted by Crippen LogP contribution is 2.04. The molecule has 0 saturated carbocycles. The Labute approximate surface area is 74.2 Å². The zero-order valence-corrected chi connectivity index (χ0v) is 8.35. The van der Waals surface area contributed by atoms with E-state index in [2.05, 4.69) is 0 Å². The SMILES string of the molecule is CCCN(N)C(=O)C(C)=C(C)C. The number of amides is 1. The van der Waals surface area contributed by atoms with Crippen LogP contribution in [0.5, 0.6) is 0 Å². The maximum atomic E-state index is 11.4. The summed E-state index contributed by atoms with van der Waals surface area (Å²) in [5.41, 5.74) is 1.76. The summed E-state index contributed by atoms with van der Waals surface area (Å²) in [6.45, 7) is 8.22. The van der Waals surface area contributed by atoms with Crippen molar-refractivity contribution in [2.24, 2.45) is 5.84 Å². The Morgan fingerprint density at radius 2 is 1.83 bits per heavy atom. The molecule has 0 saturated heterocycles. The number of carbonyl (C=O) groups excluding carboxylic acids is 1. The normalized spacial score (nSPS) is 9.42. The van der Waals surface area contributed by atoms with Crippen molar-refractivity contribution in [1.29, 1.82) is 0 Å². The van der Waals surface area contributed by atoms with E-state index in [4.69, 9.17) is 5.84 Å². The largest absolute Gasteiger partial charge is 0.277 e. The molecule has 3 heteroatoms. The third-order valence-corrected chi connectivity index (χ3v) is 1.80. The third-order valence-electron chi connectivity index (χ3n) is 1.80. The number of hydrogen-bond acceptors (Lipinski definition) is 2. The van der Waals surface area contributed by atoms with Crippen LogP contribution in [0.15, 0.2) is 11.1 Å². The Balaban J connectivity index is 4.30. The quantitative estimate of drug-likeness (QED) is 0.301. The van der Waals surface area contributed by atoms with E-state index in [1.165, 1.54) is 5.01 Å². The van der Waals surface area contributed by atoms with Crippen molar-refractivity contribution in [1.82, 2.24) is 5.01 Å². The number of allylic oxidation sites excluding steroid dienone is 1. The van der Waals surface area contributed by atoms with Crippen molar-refractivity contribution in [3.8, 4) is 0 Å². The van der Waals surface area contributed by atoms with Gasteiger partial charge in [0.1, 0.15) is 0 Å². The zero-order valence-electron chi connectivity index (χ0n) is 8.35. The van der Waals surface area contributed by atoms with Crippen LogP contribution in [0.25, 0.3) is 0 Å². The van der Waals surface area contributed by atoms with E-state index in [1.54, 1.807) is 6.92 Å². The first-order valence-electron chi connectivity index (χ1n) is 4.21. The highest BCUT2D eigenvalue weighted by Gasteiger charge is 2.10. The highest BCUT2D eigenvalue weighted by atomic mass is 16.2. The molecule has 0 aliphatic rings. The molecule has 2 N–H and O–H groups in total. The van der Waals surface area contributed by atoms with Gasteiger partial charge in [-0.05, 0) is 27.2 Å². The molecule has 0 rings (SSSR count). The number of nitrogens with zero attached hydrogens (tertiary/aromatic N) is 1. The van der Waals surface area contributed by atoms with E-state index >= 15 is 0 Å². The molecule has 0 aromatic carbocycles. The molecule has 3 nitrogen and oxygen atoms in total. The number of nitrogens with two attached hydrogens (primary N) is 1. The van der Waals surface area contributed by atoms with E-state index in [9.17, 15) is 4.79 Å². The second-order valence-electron chi connectivity index (χ2n) is 3.12. The molecule has 0 aliphatic heterocycles. The first-order chi connectivity index (χ1) is 5.50. The molecule has 12 heavy (non-hydrogen) atoms. The van der Waals surface area contributed by atoms with Crippen LogP contribution in [0.4, 0.5) is 0 Å². The van der Waals surface area contributed by atoms with Crippen LogP contribution in [0.3, 0.4) is 0 Å². The summed E-state index contributed by atoms with van der Waals surface area (Å²) in [6.07, 6.45) is 0.887. The molecule has 0 aromatic heterocycles. The summed E-state index contributed by atoms with van der Waals surface area (Å²) in [4.78, 5) is 11.4. The average molecular weight is 170 g/mol. The van der Waals surface area contributed by atoms with E-state index in [0.29, 0.717) is 6.54 Å². The zero-order chi connectivity index (χ0) is 9.72. The molecule has 0 spiro atoms. The van der Waals surface area contributed by atoms with Gasteiger partial charge in [-0.2, -0.15) is 0 Å². The van der Waals surface area contributed by atoms with Gasteiger partial charge in [0.05, 0.1) is 0 Å². The van der Waals surface area contributed by atoms with Crippen LogP contribution in [-0.4, -0.2) is 17.5 Å². The van der Waals surface area contributed by atoms with Gasteiger partial charge >= 0.3 is 0 Å². The van der Waals surface area contributed by atoms with Gasteiger partial charge in [-0.3, -0.25) is 9.80 Å². The molecule has 1 amide bonds. The molecule has 0 radical (unpaired) electrons. The van der Waals surface area contributed by atoms with Crippen molar-refractivity contribution < 1.29 is 4.79 Å². The topological polar surface area (TPSA) is 46.3 Å². The summed E-state index contributed by atoms with van der Waals surface area (Å²) in [7, 11) is 0. The second kappa shape index (κ2) is 4.93. The van der Waals surface area contributed by atoms with E-state index < -0.39 is 0 Å². The van der Waals surface area contributed by atoms with Gasteiger partial charge in [0.2, 0.25) is 0 Å². The molecule has 0 aliphatic carbocycles. The summed E-state index contributed by atoms with van der Waals surface area (Å²) >= 11 is 0. The molecule has 0 atom stereocenters. The minimum absolute atomic E-state index is 0.0724. The van der Waals surface area contributed by atoms with E-state index in [0.717, 1.165) is 17.6 Å². The van der Waals surface area contributed by atoms with Gasteiger partial charge in [-0.25, -0.2) is 5.84 Å². The van der Waals surface area contributed by atoms with Crippen LogP contribution in [0.2, 0.25) is 0 Å². The summed E-state index contributed by atoms with van der Waals surface area (Å²) < 4.78 is 0. The molecule has 70 valence electrons. The Morgan fingerprint density at radius 3 is 2.17 bits per heavy atom. The van der Waals surface area contributed by atoms with Gasteiger partial charge in [0, 0.05) is 12.1 Å². The predicted octanol–water partition coefficient (Wildman–Crippen LogP) is 1.45. The lowest BCUT2D eigenvalue weighted by molar-refractivity contribution is -0.127. The molecule has 0 fully saturated rings. The first-order valence-corrected chi connectivity index (χ1v) is 4.21. The predicted molar refractivity (Wildman–Crippen MR) is 50.2 cm³/mol. The third kappa shape index (κ3) is 3.05. The van der Waals surface area contributed by atoms with Crippen molar-refractivity contribution in [3.63, 3.8) is 0 Å². The number of rotatable bonds is 3.